The van der Waals surface area contributed by atoms with Crippen LogP contribution in [-0.2, 0) is 0 Å². The molecule has 94 valence electrons. The van der Waals surface area contributed by atoms with Gasteiger partial charge >= 0.3 is 0 Å². The average Bonchev–Trinajstić information content (AvgIpc) is 2.27. The quantitative estimate of drug-likeness (QED) is 0.832. The predicted molar refractivity (Wildman–Crippen MR) is 69.4 cm³/mol. The van der Waals surface area contributed by atoms with Gasteiger partial charge in [0.1, 0.15) is 0 Å². The molecule has 0 spiro atoms. The number of anilines is 1. The minimum Gasteiger partial charge on any atom is -0.392 e. The molecule has 4 heteroatoms. The highest BCUT2D eigenvalue weighted by atomic mass is 16.3. The van der Waals surface area contributed by atoms with Crippen LogP contribution >= 0.6 is 0 Å². The van der Waals surface area contributed by atoms with Crippen LogP contribution in [-0.4, -0.2) is 42.7 Å². The number of aliphatic hydroxyl groups excluding tert-OH is 1. The molecule has 1 aromatic rings. The summed E-state index contributed by atoms with van der Waals surface area (Å²) in [5.41, 5.74) is 2.54. The van der Waals surface area contributed by atoms with Crippen molar-refractivity contribution in [3.63, 3.8) is 0 Å². The van der Waals surface area contributed by atoms with Crippen molar-refractivity contribution >= 4 is 11.6 Å². The molecule has 0 radical (unpaired) electrons. The maximum absolute atomic E-state index is 12.1. The molecule has 17 heavy (non-hydrogen) atoms. The van der Waals surface area contributed by atoms with Gasteiger partial charge in [-0.15, -0.1) is 0 Å². The lowest BCUT2D eigenvalue weighted by Gasteiger charge is -2.20. The van der Waals surface area contributed by atoms with Crippen LogP contribution in [0.2, 0.25) is 0 Å². The van der Waals surface area contributed by atoms with Crippen LogP contribution in [0, 0.1) is 6.92 Å². The van der Waals surface area contributed by atoms with Gasteiger partial charge in [0.2, 0.25) is 0 Å². The fourth-order valence-electron chi connectivity index (χ4n) is 1.74. The molecule has 0 heterocycles. The maximum Gasteiger partial charge on any atom is 0.255 e. The molecule has 1 amide bonds. The zero-order chi connectivity index (χ0) is 13.0. The Bertz CT molecular complexity index is 402. The van der Waals surface area contributed by atoms with E-state index in [0.29, 0.717) is 12.1 Å². The van der Waals surface area contributed by atoms with Crippen molar-refractivity contribution in [1.82, 2.24) is 4.90 Å². The summed E-state index contributed by atoms with van der Waals surface area (Å²) in [4.78, 5) is 13.7. The second-order valence-electron chi connectivity index (χ2n) is 4.33. The van der Waals surface area contributed by atoms with Crippen molar-refractivity contribution < 1.29 is 9.90 Å². The number of carbonyl (C=O) groups is 1. The summed E-state index contributed by atoms with van der Waals surface area (Å²) in [7, 11) is 3.48. The highest BCUT2D eigenvalue weighted by Crippen LogP contribution is 2.18. The van der Waals surface area contributed by atoms with Gasteiger partial charge in [-0.1, -0.05) is 6.07 Å². The van der Waals surface area contributed by atoms with E-state index in [2.05, 4.69) is 5.32 Å². The number of rotatable bonds is 4. The number of hydrogen-bond donors (Lipinski definition) is 2. The topological polar surface area (TPSA) is 52.6 Å². The number of likely N-dealkylation sites (N-methyl/N-ethyl adjacent to an activating group) is 1. The van der Waals surface area contributed by atoms with E-state index >= 15 is 0 Å². The minimum atomic E-state index is -0.521. The lowest BCUT2D eigenvalue weighted by molar-refractivity contribution is 0.0704. The number of hydrogen-bond acceptors (Lipinski definition) is 3. The molecular formula is C13H20N2O2. The number of aryl methyl sites for hydroxylation is 1. The van der Waals surface area contributed by atoms with E-state index in [-0.39, 0.29) is 5.91 Å². The number of nitrogens with one attached hydrogen (secondary N) is 1. The van der Waals surface area contributed by atoms with E-state index in [9.17, 15) is 9.90 Å². The van der Waals surface area contributed by atoms with Crippen LogP contribution in [0.25, 0.3) is 0 Å². The van der Waals surface area contributed by atoms with Gasteiger partial charge in [-0.2, -0.15) is 0 Å². The van der Waals surface area contributed by atoms with E-state index < -0.39 is 6.10 Å². The van der Waals surface area contributed by atoms with Crippen molar-refractivity contribution in [2.24, 2.45) is 0 Å². The predicted octanol–water partition coefficient (Wildman–Crippen LogP) is 1.49. The standard InChI is InChI=1S/C13H20N2O2/c1-9-5-6-11(12(7-9)14-3)13(17)15(4)8-10(2)16/h5-7,10,14,16H,8H2,1-4H3. The molecule has 1 atom stereocenters. The summed E-state index contributed by atoms with van der Waals surface area (Å²) in [6.07, 6.45) is -0.521. The Morgan fingerprint density at radius 2 is 2.18 bits per heavy atom. The van der Waals surface area contributed by atoms with E-state index in [1.165, 1.54) is 4.90 Å². The smallest absolute Gasteiger partial charge is 0.255 e. The molecule has 1 aromatic carbocycles. The Balaban J connectivity index is 2.95. The van der Waals surface area contributed by atoms with E-state index in [4.69, 9.17) is 0 Å². The van der Waals surface area contributed by atoms with Crippen LogP contribution in [0.1, 0.15) is 22.8 Å². The minimum absolute atomic E-state index is 0.0877. The van der Waals surface area contributed by atoms with Gasteiger partial charge in [0.05, 0.1) is 11.7 Å². The molecule has 0 saturated heterocycles. The monoisotopic (exact) mass is 236 g/mol. The van der Waals surface area contributed by atoms with Crippen molar-refractivity contribution in [2.75, 3.05) is 26.0 Å². The van der Waals surface area contributed by atoms with Crippen LogP contribution in [0.3, 0.4) is 0 Å². The number of nitrogens with zero attached hydrogens (tertiary/aromatic N) is 1. The van der Waals surface area contributed by atoms with Crippen LogP contribution in [0.15, 0.2) is 18.2 Å². The molecule has 0 aromatic heterocycles. The Hall–Kier alpha value is -1.55. The molecule has 0 aliphatic rings. The lowest BCUT2D eigenvalue weighted by atomic mass is 10.1. The molecule has 0 aliphatic carbocycles. The van der Waals surface area contributed by atoms with Crippen LogP contribution in [0.5, 0.6) is 0 Å². The van der Waals surface area contributed by atoms with Crippen molar-refractivity contribution in [1.29, 1.82) is 0 Å². The first kappa shape index (κ1) is 13.5. The zero-order valence-electron chi connectivity index (χ0n) is 10.8. The largest absolute Gasteiger partial charge is 0.392 e. The van der Waals surface area contributed by atoms with Crippen molar-refractivity contribution in [2.45, 2.75) is 20.0 Å². The van der Waals surface area contributed by atoms with Crippen LogP contribution < -0.4 is 5.32 Å². The van der Waals surface area contributed by atoms with Gasteiger partial charge < -0.3 is 15.3 Å². The normalized spacial score (nSPS) is 12.1. The molecular weight excluding hydrogens is 216 g/mol. The Kier molecular flexibility index (Phi) is 4.52. The number of amides is 1. The summed E-state index contributed by atoms with van der Waals surface area (Å²) in [5.74, 6) is -0.0877. The zero-order valence-corrected chi connectivity index (χ0v) is 10.8. The molecule has 0 aliphatic heterocycles. The van der Waals surface area contributed by atoms with Gasteiger partial charge in [-0.25, -0.2) is 0 Å². The second-order valence-corrected chi connectivity index (χ2v) is 4.33. The summed E-state index contributed by atoms with van der Waals surface area (Å²) < 4.78 is 0. The first-order valence-electron chi connectivity index (χ1n) is 5.67. The Morgan fingerprint density at radius 1 is 1.53 bits per heavy atom. The van der Waals surface area contributed by atoms with Crippen molar-refractivity contribution in [3.05, 3.63) is 29.3 Å². The second kappa shape index (κ2) is 5.68. The van der Waals surface area contributed by atoms with Gasteiger partial charge in [-0.3, -0.25) is 4.79 Å². The Labute approximate surface area is 102 Å². The fraction of sp³-hybridized carbons (Fsp3) is 0.462. The number of benzene rings is 1. The molecule has 4 nitrogen and oxygen atoms in total. The first-order chi connectivity index (χ1) is 7.95. The highest BCUT2D eigenvalue weighted by Gasteiger charge is 2.16. The van der Waals surface area contributed by atoms with E-state index in [0.717, 1.165) is 11.3 Å². The summed E-state index contributed by atoms with van der Waals surface area (Å²) in [6, 6.07) is 5.65. The van der Waals surface area contributed by atoms with E-state index in [1.807, 2.05) is 25.1 Å². The number of carbonyl (C=O) groups excluding carboxylic acids is 1. The summed E-state index contributed by atoms with van der Waals surface area (Å²) in [5, 5.41) is 12.3. The van der Waals surface area contributed by atoms with E-state index in [1.54, 1.807) is 21.0 Å². The third-order valence-electron chi connectivity index (χ3n) is 2.56. The molecule has 1 unspecified atom stereocenters. The van der Waals surface area contributed by atoms with Gasteiger partial charge in [-0.05, 0) is 31.5 Å². The maximum atomic E-state index is 12.1. The molecule has 0 bridgehead atoms. The first-order valence-corrected chi connectivity index (χ1v) is 5.67. The van der Waals surface area contributed by atoms with Gasteiger partial charge in [0, 0.05) is 26.3 Å². The highest BCUT2D eigenvalue weighted by molar-refractivity contribution is 5.99. The van der Waals surface area contributed by atoms with Gasteiger partial charge in [0.25, 0.3) is 5.91 Å². The summed E-state index contributed by atoms with van der Waals surface area (Å²) in [6.45, 7) is 3.97. The van der Waals surface area contributed by atoms with Gasteiger partial charge in [0.15, 0.2) is 0 Å². The molecule has 0 saturated carbocycles. The third kappa shape index (κ3) is 3.46. The lowest BCUT2D eigenvalue weighted by Crippen LogP contribution is -2.33. The van der Waals surface area contributed by atoms with Crippen LogP contribution in [0.4, 0.5) is 5.69 Å². The molecule has 1 rings (SSSR count). The van der Waals surface area contributed by atoms with Crippen molar-refractivity contribution in [3.8, 4) is 0 Å². The molecule has 0 fully saturated rings. The average molecular weight is 236 g/mol. The summed E-state index contributed by atoms with van der Waals surface area (Å²) >= 11 is 0. The SMILES string of the molecule is CNc1cc(C)ccc1C(=O)N(C)CC(C)O. The Morgan fingerprint density at radius 3 is 2.71 bits per heavy atom. The number of aliphatic hydroxyl groups is 1. The fourth-order valence-corrected chi connectivity index (χ4v) is 1.74. The molecule has 2 N–H and O–H groups in total. The third-order valence-corrected chi connectivity index (χ3v) is 2.56.